The van der Waals surface area contributed by atoms with Gasteiger partial charge in [-0.15, -0.1) is 0 Å². The lowest BCUT2D eigenvalue weighted by molar-refractivity contribution is -0.140. The standard InChI is InChI=1S/C28H41N3O4S/c1-5-7-19-29-28(33)26(6-2)30(21-18-24-14-9-8-10-15-24)27(32)17-12-20-31(36(4,34)35)25-16-11-13-23(3)22-25/h8-11,13-16,22,26H,5-7,12,17-21H2,1-4H3,(H,29,33)/t26-/m1/s1. The van der Waals surface area contributed by atoms with E-state index in [9.17, 15) is 18.0 Å². The lowest BCUT2D eigenvalue weighted by atomic mass is 10.1. The molecule has 1 N–H and O–H groups in total. The Kier molecular flexibility index (Phi) is 11.9. The summed E-state index contributed by atoms with van der Waals surface area (Å²) in [5, 5.41) is 2.97. The van der Waals surface area contributed by atoms with E-state index >= 15 is 0 Å². The Labute approximate surface area is 216 Å². The van der Waals surface area contributed by atoms with Crippen molar-refractivity contribution in [1.29, 1.82) is 0 Å². The van der Waals surface area contributed by atoms with Gasteiger partial charge in [-0.05, 0) is 55.9 Å². The number of unbranched alkanes of at least 4 members (excludes halogenated alkanes) is 1. The molecule has 0 saturated heterocycles. The molecule has 7 nitrogen and oxygen atoms in total. The van der Waals surface area contributed by atoms with Gasteiger partial charge in [-0.25, -0.2) is 8.42 Å². The predicted molar refractivity (Wildman–Crippen MR) is 146 cm³/mol. The van der Waals surface area contributed by atoms with Crippen LogP contribution in [0.15, 0.2) is 54.6 Å². The van der Waals surface area contributed by atoms with Crippen molar-refractivity contribution in [3.8, 4) is 0 Å². The maximum absolute atomic E-state index is 13.4. The highest BCUT2D eigenvalue weighted by Gasteiger charge is 2.28. The predicted octanol–water partition coefficient (Wildman–Crippen LogP) is 4.31. The van der Waals surface area contributed by atoms with Crippen molar-refractivity contribution in [3.63, 3.8) is 0 Å². The molecule has 8 heteroatoms. The minimum atomic E-state index is -3.50. The van der Waals surface area contributed by atoms with Crippen LogP contribution >= 0.6 is 0 Å². The highest BCUT2D eigenvalue weighted by molar-refractivity contribution is 7.92. The van der Waals surface area contributed by atoms with Crippen LogP contribution in [0.1, 0.15) is 57.1 Å². The molecule has 198 valence electrons. The number of carbonyl (C=O) groups is 2. The summed E-state index contributed by atoms with van der Waals surface area (Å²) in [5.74, 6) is -0.272. The van der Waals surface area contributed by atoms with E-state index in [2.05, 4.69) is 12.2 Å². The zero-order valence-corrected chi connectivity index (χ0v) is 22.9. The molecule has 0 radical (unpaired) electrons. The number of rotatable bonds is 15. The van der Waals surface area contributed by atoms with Crippen molar-refractivity contribution in [2.45, 2.75) is 65.3 Å². The van der Waals surface area contributed by atoms with Crippen molar-refractivity contribution >= 4 is 27.5 Å². The summed E-state index contributed by atoms with van der Waals surface area (Å²) in [7, 11) is -3.50. The molecule has 0 fully saturated rings. The van der Waals surface area contributed by atoms with Crippen LogP contribution < -0.4 is 9.62 Å². The van der Waals surface area contributed by atoms with Crippen LogP contribution in [0, 0.1) is 6.92 Å². The van der Waals surface area contributed by atoms with Crippen LogP contribution in [0.5, 0.6) is 0 Å². The Bertz CT molecular complexity index is 1070. The van der Waals surface area contributed by atoms with Crippen molar-refractivity contribution < 1.29 is 18.0 Å². The summed E-state index contributed by atoms with van der Waals surface area (Å²) in [6.07, 6.45) is 4.71. The summed E-state index contributed by atoms with van der Waals surface area (Å²) >= 11 is 0. The second-order valence-electron chi connectivity index (χ2n) is 9.17. The molecule has 0 unspecified atom stereocenters. The molecule has 2 rings (SSSR count). The molecule has 1 atom stereocenters. The molecule has 0 aliphatic carbocycles. The highest BCUT2D eigenvalue weighted by Crippen LogP contribution is 2.20. The minimum absolute atomic E-state index is 0.134. The molecule has 0 saturated carbocycles. The second-order valence-corrected chi connectivity index (χ2v) is 11.1. The number of benzene rings is 2. The van der Waals surface area contributed by atoms with Crippen LogP contribution in [0.3, 0.4) is 0 Å². The average molecular weight is 516 g/mol. The summed E-state index contributed by atoms with van der Waals surface area (Å²) in [5.41, 5.74) is 2.65. The number of anilines is 1. The molecule has 36 heavy (non-hydrogen) atoms. The van der Waals surface area contributed by atoms with Gasteiger partial charge in [-0.3, -0.25) is 13.9 Å². The van der Waals surface area contributed by atoms with Crippen LogP contribution in [0.25, 0.3) is 0 Å². The van der Waals surface area contributed by atoms with E-state index in [4.69, 9.17) is 0 Å². The Morgan fingerprint density at radius 3 is 2.31 bits per heavy atom. The van der Waals surface area contributed by atoms with Gasteiger partial charge in [0, 0.05) is 26.1 Å². The van der Waals surface area contributed by atoms with E-state index in [1.807, 2.05) is 62.4 Å². The monoisotopic (exact) mass is 515 g/mol. The van der Waals surface area contributed by atoms with E-state index in [-0.39, 0.29) is 24.8 Å². The molecule has 0 aliphatic rings. The van der Waals surface area contributed by atoms with E-state index in [0.29, 0.717) is 38.0 Å². The van der Waals surface area contributed by atoms with Crippen molar-refractivity contribution in [3.05, 3.63) is 65.7 Å². The maximum Gasteiger partial charge on any atom is 0.242 e. The van der Waals surface area contributed by atoms with Gasteiger partial charge in [0.05, 0.1) is 11.9 Å². The van der Waals surface area contributed by atoms with E-state index in [0.717, 1.165) is 24.0 Å². The number of aryl methyl sites for hydroxylation is 1. The summed E-state index contributed by atoms with van der Waals surface area (Å²) in [6, 6.07) is 16.6. The molecule has 2 amide bonds. The summed E-state index contributed by atoms with van der Waals surface area (Å²) < 4.78 is 26.3. The molecule has 0 aliphatic heterocycles. The fraction of sp³-hybridized carbons (Fsp3) is 0.500. The first kappa shape index (κ1) is 29.4. The third-order valence-corrected chi connectivity index (χ3v) is 7.34. The molecule has 2 aromatic rings. The molecular formula is C28H41N3O4S. The SMILES string of the molecule is CCCCNC(=O)[C@@H](CC)N(CCc1ccccc1)C(=O)CCCN(c1cccc(C)c1)S(C)(=O)=O. The molecule has 0 aromatic heterocycles. The van der Waals surface area contributed by atoms with Crippen LogP contribution in [0.2, 0.25) is 0 Å². The number of sulfonamides is 1. The van der Waals surface area contributed by atoms with Crippen LogP contribution in [0.4, 0.5) is 5.69 Å². The van der Waals surface area contributed by atoms with Crippen LogP contribution in [-0.4, -0.2) is 57.1 Å². The first-order valence-corrected chi connectivity index (χ1v) is 14.7. The summed E-state index contributed by atoms with van der Waals surface area (Å²) in [4.78, 5) is 28.0. The zero-order chi connectivity index (χ0) is 26.6. The van der Waals surface area contributed by atoms with Gasteiger partial charge in [0.15, 0.2) is 0 Å². The van der Waals surface area contributed by atoms with Gasteiger partial charge in [-0.2, -0.15) is 0 Å². The fourth-order valence-electron chi connectivity index (χ4n) is 4.19. The number of hydrogen-bond donors (Lipinski definition) is 1. The Morgan fingerprint density at radius 2 is 1.69 bits per heavy atom. The van der Waals surface area contributed by atoms with Gasteiger partial charge in [0.25, 0.3) is 0 Å². The Hall–Kier alpha value is -2.87. The van der Waals surface area contributed by atoms with E-state index in [1.54, 1.807) is 11.0 Å². The minimum Gasteiger partial charge on any atom is -0.354 e. The number of amides is 2. The van der Waals surface area contributed by atoms with Crippen molar-refractivity contribution in [1.82, 2.24) is 10.2 Å². The Balaban J connectivity index is 2.13. The zero-order valence-electron chi connectivity index (χ0n) is 22.1. The lowest BCUT2D eigenvalue weighted by Gasteiger charge is -2.31. The Morgan fingerprint density at radius 1 is 0.972 bits per heavy atom. The second kappa shape index (κ2) is 14.6. The van der Waals surface area contributed by atoms with Crippen LogP contribution in [-0.2, 0) is 26.0 Å². The van der Waals surface area contributed by atoms with E-state index in [1.165, 1.54) is 10.6 Å². The van der Waals surface area contributed by atoms with E-state index < -0.39 is 16.1 Å². The molecule has 0 spiro atoms. The first-order valence-electron chi connectivity index (χ1n) is 12.8. The number of nitrogens with zero attached hydrogens (tertiary/aromatic N) is 2. The highest BCUT2D eigenvalue weighted by atomic mass is 32.2. The van der Waals surface area contributed by atoms with Gasteiger partial charge in [0.2, 0.25) is 21.8 Å². The average Bonchev–Trinajstić information content (AvgIpc) is 2.84. The number of hydrogen-bond acceptors (Lipinski definition) is 4. The van der Waals surface area contributed by atoms with Gasteiger partial charge in [0.1, 0.15) is 6.04 Å². The third kappa shape index (κ3) is 9.30. The topological polar surface area (TPSA) is 86.8 Å². The van der Waals surface area contributed by atoms with Gasteiger partial charge in [-0.1, -0.05) is 62.7 Å². The third-order valence-electron chi connectivity index (χ3n) is 6.14. The van der Waals surface area contributed by atoms with Crippen molar-refractivity contribution in [2.24, 2.45) is 0 Å². The maximum atomic E-state index is 13.4. The smallest absolute Gasteiger partial charge is 0.242 e. The number of nitrogens with one attached hydrogen (secondary N) is 1. The lowest BCUT2D eigenvalue weighted by Crippen LogP contribution is -2.50. The molecule has 0 bridgehead atoms. The summed E-state index contributed by atoms with van der Waals surface area (Å²) in [6.45, 7) is 7.10. The number of carbonyl (C=O) groups excluding carboxylic acids is 2. The normalized spacial score (nSPS) is 12.1. The largest absolute Gasteiger partial charge is 0.354 e. The molecule has 2 aromatic carbocycles. The quantitative estimate of drug-likeness (QED) is 0.358. The fourth-order valence-corrected chi connectivity index (χ4v) is 5.15. The molecule has 0 heterocycles. The van der Waals surface area contributed by atoms with Gasteiger partial charge < -0.3 is 10.2 Å². The van der Waals surface area contributed by atoms with Crippen molar-refractivity contribution in [2.75, 3.05) is 30.2 Å². The first-order chi connectivity index (χ1) is 17.2. The van der Waals surface area contributed by atoms with Gasteiger partial charge >= 0.3 is 0 Å². The molecular weight excluding hydrogens is 474 g/mol.